The van der Waals surface area contributed by atoms with Gasteiger partial charge in [0.25, 0.3) is 5.91 Å². The number of pyridine rings is 1. The highest BCUT2D eigenvalue weighted by atomic mass is 16.5. The van der Waals surface area contributed by atoms with E-state index in [2.05, 4.69) is 20.5 Å². The van der Waals surface area contributed by atoms with E-state index in [0.717, 1.165) is 16.3 Å². The molecule has 42 heavy (non-hydrogen) atoms. The first kappa shape index (κ1) is 29.0. The van der Waals surface area contributed by atoms with E-state index < -0.39 is 6.03 Å². The number of hydrogen-bond acceptors (Lipinski definition) is 6. The summed E-state index contributed by atoms with van der Waals surface area (Å²) in [6.45, 7) is 5.42. The molecule has 0 spiro atoms. The number of aliphatic hydroxyl groups is 1. The van der Waals surface area contributed by atoms with Crippen LogP contribution in [0.25, 0.3) is 10.8 Å². The standard InChI is InChI=1S/C33H37N5O4/c1-22-18-38(23(2)21-39)32(40)27-11-7-13-29(31(27)42-30(22)20-37(3)19-24-14-16-34-17-15-24)36-33(41)35-28-12-6-9-25-8-4-5-10-26(25)28/h4-17,22-23,30,39H,18-21H2,1-3H3,(H2,35,36,41)/t22-,23-,30-/m0/s1. The molecule has 0 saturated heterocycles. The molecular weight excluding hydrogens is 530 g/mol. The van der Waals surface area contributed by atoms with E-state index in [-0.39, 0.29) is 30.6 Å². The fourth-order valence-electron chi connectivity index (χ4n) is 5.34. The number of para-hydroxylation sites is 1. The number of carbonyl (C=O) groups excluding carboxylic acids is 2. The Balaban J connectivity index is 1.44. The lowest BCUT2D eigenvalue weighted by Gasteiger charge is -2.38. The van der Waals surface area contributed by atoms with Crippen molar-refractivity contribution in [2.45, 2.75) is 32.5 Å². The molecule has 3 amide bonds. The highest BCUT2D eigenvalue weighted by molar-refractivity contribution is 6.08. The van der Waals surface area contributed by atoms with Gasteiger partial charge in [0, 0.05) is 43.3 Å². The largest absolute Gasteiger partial charge is 0.486 e. The van der Waals surface area contributed by atoms with Crippen LogP contribution in [0.4, 0.5) is 16.2 Å². The predicted octanol–water partition coefficient (Wildman–Crippen LogP) is 5.23. The molecule has 9 heteroatoms. The SMILES string of the molecule is C[C@H]1CN([C@@H](C)CO)C(=O)c2cccc(NC(=O)Nc3cccc4ccccc34)c2O[C@H]1CN(C)Cc1ccncc1. The third-order valence-electron chi connectivity index (χ3n) is 7.67. The van der Waals surface area contributed by atoms with Crippen molar-refractivity contribution in [2.24, 2.45) is 5.92 Å². The van der Waals surface area contributed by atoms with Gasteiger partial charge in [-0.3, -0.25) is 14.7 Å². The summed E-state index contributed by atoms with van der Waals surface area (Å²) in [6, 6.07) is 21.9. The van der Waals surface area contributed by atoms with Gasteiger partial charge < -0.3 is 25.4 Å². The minimum Gasteiger partial charge on any atom is -0.486 e. The monoisotopic (exact) mass is 567 g/mol. The van der Waals surface area contributed by atoms with Gasteiger partial charge in [-0.25, -0.2) is 4.79 Å². The van der Waals surface area contributed by atoms with E-state index in [1.54, 1.807) is 35.5 Å². The van der Waals surface area contributed by atoms with Gasteiger partial charge in [-0.1, -0.05) is 49.4 Å². The lowest BCUT2D eigenvalue weighted by Crippen LogP contribution is -2.49. The molecule has 3 atom stereocenters. The van der Waals surface area contributed by atoms with E-state index >= 15 is 0 Å². The van der Waals surface area contributed by atoms with E-state index in [1.807, 2.05) is 75.5 Å². The van der Waals surface area contributed by atoms with Crippen LogP contribution >= 0.6 is 0 Å². The second-order valence-corrected chi connectivity index (χ2v) is 11.0. The molecule has 218 valence electrons. The number of urea groups is 1. The number of fused-ring (bicyclic) bond motifs is 2. The molecule has 5 rings (SSSR count). The summed E-state index contributed by atoms with van der Waals surface area (Å²) in [4.78, 5) is 35.0. The Morgan fingerprint density at radius 3 is 2.52 bits per heavy atom. The van der Waals surface area contributed by atoms with Crippen molar-refractivity contribution in [2.75, 3.05) is 37.4 Å². The minimum atomic E-state index is -0.446. The van der Waals surface area contributed by atoms with E-state index in [9.17, 15) is 14.7 Å². The summed E-state index contributed by atoms with van der Waals surface area (Å²) in [5.41, 5.74) is 2.54. The van der Waals surface area contributed by atoms with Gasteiger partial charge in [-0.15, -0.1) is 0 Å². The molecule has 0 aliphatic carbocycles. The van der Waals surface area contributed by atoms with Crippen LogP contribution in [-0.2, 0) is 6.54 Å². The van der Waals surface area contributed by atoms with Crippen LogP contribution in [0.3, 0.4) is 0 Å². The van der Waals surface area contributed by atoms with Crippen molar-refractivity contribution in [3.05, 3.63) is 96.3 Å². The maximum absolute atomic E-state index is 13.8. The molecule has 9 nitrogen and oxygen atoms in total. The molecule has 0 fully saturated rings. The summed E-state index contributed by atoms with van der Waals surface area (Å²) >= 11 is 0. The Kier molecular flexibility index (Phi) is 9.00. The number of hydrogen-bond donors (Lipinski definition) is 3. The molecule has 0 unspecified atom stereocenters. The topological polar surface area (TPSA) is 107 Å². The van der Waals surface area contributed by atoms with Crippen LogP contribution in [0.5, 0.6) is 5.75 Å². The molecule has 0 radical (unpaired) electrons. The Hall–Kier alpha value is -4.47. The molecule has 3 N–H and O–H groups in total. The second-order valence-electron chi connectivity index (χ2n) is 11.0. The number of aromatic nitrogens is 1. The van der Waals surface area contributed by atoms with Gasteiger partial charge in [0.15, 0.2) is 5.75 Å². The third-order valence-corrected chi connectivity index (χ3v) is 7.67. The first-order valence-electron chi connectivity index (χ1n) is 14.2. The number of nitrogens with one attached hydrogen (secondary N) is 2. The average Bonchev–Trinajstić information content (AvgIpc) is 2.99. The second kappa shape index (κ2) is 13.0. The number of likely N-dealkylation sites (N-methyl/N-ethyl adjacent to an activating group) is 1. The van der Waals surface area contributed by atoms with Crippen molar-refractivity contribution in [3.8, 4) is 5.75 Å². The summed E-state index contributed by atoms with van der Waals surface area (Å²) in [7, 11) is 2.03. The molecule has 0 bridgehead atoms. The van der Waals surface area contributed by atoms with Crippen LogP contribution in [0.2, 0.25) is 0 Å². The van der Waals surface area contributed by atoms with Crippen molar-refractivity contribution >= 4 is 34.1 Å². The zero-order valence-corrected chi connectivity index (χ0v) is 24.2. The van der Waals surface area contributed by atoms with Gasteiger partial charge >= 0.3 is 6.03 Å². The lowest BCUT2D eigenvalue weighted by atomic mass is 9.99. The molecule has 4 aromatic rings. The summed E-state index contributed by atoms with van der Waals surface area (Å²) in [5, 5.41) is 17.8. The smallest absolute Gasteiger partial charge is 0.323 e. The summed E-state index contributed by atoms with van der Waals surface area (Å²) in [5.74, 6) is 0.00762. The summed E-state index contributed by atoms with van der Waals surface area (Å²) < 4.78 is 6.64. The lowest BCUT2D eigenvalue weighted by molar-refractivity contribution is 0.0343. The van der Waals surface area contributed by atoms with Gasteiger partial charge in [-0.05, 0) is 55.3 Å². The number of ether oxygens (including phenoxy) is 1. The maximum atomic E-state index is 13.8. The van der Waals surface area contributed by atoms with Crippen molar-refractivity contribution < 1.29 is 19.4 Å². The van der Waals surface area contributed by atoms with Crippen LogP contribution < -0.4 is 15.4 Å². The Morgan fingerprint density at radius 2 is 1.74 bits per heavy atom. The first-order valence-corrected chi connectivity index (χ1v) is 14.2. The molecule has 1 aromatic heterocycles. The zero-order chi connectivity index (χ0) is 29.6. The van der Waals surface area contributed by atoms with E-state index in [0.29, 0.717) is 42.3 Å². The number of aliphatic hydroxyl groups excluding tert-OH is 1. The summed E-state index contributed by atoms with van der Waals surface area (Å²) in [6.07, 6.45) is 3.24. The number of anilines is 2. The van der Waals surface area contributed by atoms with Crippen molar-refractivity contribution in [1.82, 2.24) is 14.8 Å². The Bertz CT molecular complexity index is 1540. The minimum absolute atomic E-state index is 0.0615. The molecule has 0 saturated carbocycles. The van der Waals surface area contributed by atoms with Crippen molar-refractivity contribution in [3.63, 3.8) is 0 Å². The van der Waals surface area contributed by atoms with Crippen LogP contribution in [0, 0.1) is 5.92 Å². The fraction of sp³-hybridized carbons (Fsp3) is 0.303. The molecule has 1 aliphatic heterocycles. The van der Waals surface area contributed by atoms with Gasteiger partial charge in [0.05, 0.1) is 29.6 Å². The molecular formula is C33H37N5O4. The number of nitrogens with zero attached hydrogens (tertiary/aromatic N) is 3. The predicted molar refractivity (Wildman–Crippen MR) is 165 cm³/mol. The van der Waals surface area contributed by atoms with Gasteiger partial charge in [0.1, 0.15) is 6.10 Å². The van der Waals surface area contributed by atoms with E-state index in [1.165, 1.54) is 0 Å². The number of amides is 3. The highest BCUT2D eigenvalue weighted by Crippen LogP contribution is 2.35. The van der Waals surface area contributed by atoms with Crippen LogP contribution in [-0.4, -0.2) is 70.7 Å². The Morgan fingerprint density at radius 1 is 1.05 bits per heavy atom. The molecule has 1 aliphatic rings. The normalized spacial score (nSPS) is 17.6. The highest BCUT2D eigenvalue weighted by Gasteiger charge is 2.34. The van der Waals surface area contributed by atoms with E-state index in [4.69, 9.17) is 4.74 Å². The Labute approximate surface area is 246 Å². The average molecular weight is 568 g/mol. The number of benzene rings is 3. The van der Waals surface area contributed by atoms with Crippen LogP contribution in [0.15, 0.2) is 85.2 Å². The van der Waals surface area contributed by atoms with Crippen molar-refractivity contribution in [1.29, 1.82) is 0 Å². The number of carbonyl (C=O) groups is 2. The quantitative estimate of drug-likeness (QED) is 0.269. The zero-order valence-electron chi connectivity index (χ0n) is 24.2. The van der Waals surface area contributed by atoms with Gasteiger partial charge in [0.2, 0.25) is 0 Å². The van der Waals surface area contributed by atoms with Crippen LogP contribution in [0.1, 0.15) is 29.8 Å². The maximum Gasteiger partial charge on any atom is 0.323 e. The molecule has 2 heterocycles. The fourth-order valence-corrected chi connectivity index (χ4v) is 5.34. The molecule has 3 aromatic carbocycles. The number of rotatable bonds is 8. The van der Waals surface area contributed by atoms with Gasteiger partial charge in [-0.2, -0.15) is 0 Å². The third kappa shape index (κ3) is 6.53. The first-order chi connectivity index (χ1) is 20.3.